The van der Waals surface area contributed by atoms with Gasteiger partial charge in [0.25, 0.3) is 0 Å². The van der Waals surface area contributed by atoms with Crippen LogP contribution in [0.5, 0.6) is 11.5 Å². The number of fused-ring (bicyclic) bond motifs is 2. The second-order valence-electron chi connectivity index (χ2n) is 14.6. The largest absolute Gasteiger partial charge is 0.493 e. The van der Waals surface area contributed by atoms with Gasteiger partial charge in [0, 0.05) is 30.0 Å². The van der Waals surface area contributed by atoms with Crippen LogP contribution in [-0.4, -0.2) is 85.6 Å². The lowest BCUT2D eigenvalue weighted by atomic mass is 9.53. The van der Waals surface area contributed by atoms with E-state index in [2.05, 4.69) is 28.9 Å². The third-order valence-corrected chi connectivity index (χ3v) is 12.3. The lowest BCUT2D eigenvalue weighted by Crippen LogP contribution is -2.69. The van der Waals surface area contributed by atoms with E-state index in [9.17, 15) is 14.4 Å². The highest BCUT2D eigenvalue weighted by atomic mass is 16.6. The third-order valence-electron chi connectivity index (χ3n) is 12.3. The SMILES string of the molecule is CCCCC(C)(CC)OC(=O)c1ccccc1C(=O)O.COc1cc2c(cc1OC)C13CCN4CC5=CCOC6CC(=O)N2C1C6C5CC43. The maximum Gasteiger partial charge on any atom is 0.339 e. The molecule has 1 aliphatic carbocycles. The van der Waals surface area contributed by atoms with Crippen LogP contribution < -0.4 is 14.4 Å². The lowest BCUT2D eigenvalue weighted by molar-refractivity contribution is -0.132. The summed E-state index contributed by atoms with van der Waals surface area (Å²) in [7, 11) is 3.36. The molecule has 5 aliphatic heterocycles. The van der Waals surface area contributed by atoms with Crippen molar-refractivity contribution >= 4 is 23.5 Å². The second kappa shape index (κ2) is 12.8. The summed E-state index contributed by atoms with van der Waals surface area (Å²) >= 11 is 0. The Bertz CT molecular complexity index is 1690. The van der Waals surface area contributed by atoms with E-state index >= 15 is 0 Å². The average molecular weight is 673 g/mol. The number of nitrogens with zero attached hydrogens (tertiary/aromatic N) is 2. The molecule has 1 saturated carbocycles. The minimum absolute atomic E-state index is 0.0218. The summed E-state index contributed by atoms with van der Waals surface area (Å²) in [5.41, 5.74) is 3.40. The molecule has 5 heterocycles. The van der Waals surface area contributed by atoms with Crippen molar-refractivity contribution in [3.05, 3.63) is 64.7 Å². The van der Waals surface area contributed by atoms with E-state index in [1.165, 1.54) is 24.1 Å². The number of unbranched alkanes of at least 4 members (excludes halogenated alkanes) is 1. The summed E-state index contributed by atoms with van der Waals surface area (Å²) in [5, 5.41) is 9.10. The zero-order valence-corrected chi connectivity index (χ0v) is 29.2. The smallest absolute Gasteiger partial charge is 0.339 e. The number of hydrogen-bond donors (Lipinski definition) is 1. The molecule has 262 valence electrons. The molecule has 49 heavy (non-hydrogen) atoms. The quantitative estimate of drug-likeness (QED) is 0.253. The summed E-state index contributed by atoms with van der Waals surface area (Å²) in [4.78, 5) is 41.6. The first-order valence-corrected chi connectivity index (χ1v) is 17.8. The van der Waals surface area contributed by atoms with Crippen LogP contribution in [-0.2, 0) is 19.7 Å². The number of methoxy groups -OCH3 is 2. The van der Waals surface area contributed by atoms with E-state index in [0.717, 1.165) is 50.2 Å². The van der Waals surface area contributed by atoms with Gasteiger partial charge in [0.05, 0.1) is 56.2 Å². The number of ether oxygens (including phenoxy) is 4. The minimum atomic E-state index is -1.12. The Morgan fingerprint density at radius 1 is 1.10 bits per heavy atom. The van der Waals surface area contributed by atoms with Gasteiger partial charge < -0.3 is 29.0 Å². The first-order chi connectivity index (χ1) is 23.6. The van der Waals surface area contributed by atoms with Crippen LogP contribution in [0, 0.1) is 11.8 Å². The molecule has 2 aromatic carbocycles. The number of amides is 1. The van der Waals surface area contributed by atoms with Crippen LogP contribution >= 0.6 is 0 Å². The number of rotatable bonds is 9. The van der Waals surface area contributed by atoms with E-state index < -0.39 is 17.5 Å². The highest BCUT2D eigenvalue weighted by Crippen LogP contribution is 2.66. The fraction of sp³-hybridized carbons (Fsp3) is 0.564. The molecule has 3 saturated heterocycles. The molecule has 10 heteroatoms. The first-order valence-electron chi connectivity index (χ1n) is 17.8. The Balaban J connectivity index is 0.000000168. The Kier molecular flexibility index (Phi) is 8.76. The van der Waals surface area contributed by atoms with Gasteiger partial charge >= 0.3 is 11.9 Å². The summed E-state index contributed by atoms with van der Waals surface area (Å²) in [6.07, 6.45) is 8.59. The topological polar surface area (TPSA) is 115 Å². The molecule has 10 nitrogen and oxygen atoms in total. The molecule has 7 atom stereocenters. The van der Waals surface area contributed by atoms with Gasteiger partial charge in [0.2, 0.25) is 5.91 Å². The molecule has 7 unspecified atom stereocenters. The summed E-state index contributed by atoms with van der Waals surface area (Å²) < 4.78 is 23.1. The van der Waals surface area contributed by atoms with Gasteiger partial charge in [0.15, 0.2) is 11.5 Å². The van der Waals surface area contributed by atoms with E-state index in [-0.39, 0.29) is 34.6 Å². The molecule has 0 aromatic heterocycles. The maximum atomic E-state index is 13.5. The number of carboxylic acids is 1. The van der Waals surface area contributed by atoms with Crippen molar-refractivity contribution in [2.75, 3.05) is 38.8 Å². The van der Waals surface area contributed by atoms with Gasteiger partial charge in [-0.3, -0.25) is 9.69 Å². The molecule has 6 aliphatic rings. The molecule has 1 N–H and O–H groups in total. The van der Waals surface area contributed by atoms with Gasteiger partial charge in [-0.05, 0) is 75.3 Å². The average Bonchev–Trinajstić information content (AvgIpc) is 3.58. The molecule has 1 spiro atoms. The molecule has 2 aromatic rings. The standard InChI is InChI=1S/C23H26N2O4.C16H22O4/c1-27-16-8-14-15(9-17(16)28-2)25-20(26)10-18-21-13-7-19-23(14,22(21)25)4-5-24(19)11-12(13)3-6-29-18;1-4-6-11-16(3,5-2)20-15(19)13-10-8-7-9-12(13)14(17)18/h3,8-9,13,18-19,21-22H,4-7,10-11H2,1-2H3;7-10H,4-6,11H2,1-3H3,(H,17,18). The van der Waals surface area contributed by atoms with Gasteiger partial charge in [0.1, 0.15) is 5.60 Å². The number of piperidine rings is 2. The number of carbonyl (C=O) groups excluding carboxylic acids is 2. The Morgan fingerprint density at radius 2 is 1.84 bits per heavy atom. The Morgan fingerprint density at radius 3 is 2.53 bits per heavy atom. The second-order valence-corrected chi connectivity index (χ2v) is 14.6. The van der Waals surface area contributed by atoms with Crippen LogP contribution in [0.1, 0.15) is 92.0 Å². The minimum Gasteiger partial charge on any atom is -0.493 e. The number of carbonyl (C=O) groups is 3. The number of anilines is 1. The number of esters is 1. The van der Waals surface area contributed by atoms with Crippen LogP contribution in [0.4, 0.5) is 5.69 Å². The van der Waals surface area contributed by atoms with Crippen LogP contribution in [0.2, 0.25) is 0 Å². The van der Waals surface area contributed by atoms with Crippen molar-refractivity contribution in [3.8, 4) is 11.5 Å². The third kappa shape index (κ3) is 5.25. The lowest BCUT2D eigenvalue weighted by Gasteiger charge is -2.58. The molecule has 1 amide bonds. The Hall–Kier alpha value is -3.89. The predicted molar refractivity (Wildman–Crippen MR) is 184 cm³/mol. The first kappa shape index (κ1) is 33.6. The number of carboxylic acid groups (broad SMARTS) is 1. The van der Waals surface area contributed by atoms with Gasteiger partial charge in [-0.25, -0.2) is 9.59 Å². The van der Waals surface area contributed by atoms with Crippen LogP contribution in [0.25, 0.3) is 0 Å². The summed E-state index contributed by atoms with van der Waals surface area (Å²) in [6, 6.07) is 11.0. The van der Waals surface area contributed by atoms with E-state index in [1.54, 1.807) is 31.9 Å². The van der Waals surface area contributed by atoms with E-state index in [4.69, 9.17) is 24.1 Å². The van der Waals surface area contributed by atoms with Gasteiger partial charge in [-0.2, -0.15) is 0 Å². The van der Waals surface area contributed by atoms with Gasteiger partial charge in [-0.15, -0.1) is 0 Å². The maximum absolute atomic E-state index is 13.5. The summed E-state index contributed by atoms with van der Waals surface area (Å²) in [6.45, 7) is 8.74. The molecule has 4 fully saturated rings. The normalized spacial score (nSPS) is 29.8. The van der Waals surface area contributed by atoms with Crippen LogP contribution in [0.3, 0.4) is 0 Å². The van der Waals surface area contributed by atoms with Crippen molar-refractivity contribution in [2.24, 2.45) is 11.8 Å². The fourth-order valence-corrected chi connectivity index (χ4v) is 9.85. The molecular formula is C39H48N2O8. The molecule has 8 rings (SSSR count). The Labute approximate surface area is 288 Å². The number of hydrogen-bond acceptors (Lipinski definition) is 8. The van der Waals surface area contributed by atoms with Crippen molar-refractivity contribution in [3.63, 3.8) is 0 Å². The summed E-state index contributed by atoms with van der Waals surface area (Å²) in [5.74, 6) is 0.887. The van der Waals surface area contributed by atoms with Crippen LogP contribution in [0.15, 0.2) is 48.0 Å². The van der Waals surface area contributed by atoms with Gasteiger partial charge in [-0.1, -0.05) is 44.1 Å². The highest BCUT2D eigenvalue weighted by molar-refractivity contribution is 6.02. The number of aromatic carboxylic acids is 1. The molecular weight excluding hydrogens is 624 g/mol. The van der Waals surface area contributed by atoms with E-state index in [0.29, 0.717) is 43.1 Å². The highest BCUT2D eigenvalue weighted by Gasteiger charge is 2.71. The van der Waals surface area contributed by atoms with E-state index in [1.807, 2.05) is 19.9 Å². The molecule has 0 radical (unpaired) electrons. The monoisotopic (exact) mass is 672 g/mol. The van der Waals surface area contributed by atoms with Crippen molar-refractivity contribution in [1.82, 2.24) is 4.90 Å². The van der Waals surface area contributed by atoms with Crippen molar-refractivity contribution < 1.29 is 38.4 Å². The zero-order chi connectivity index (χ0) is 34.7. The van der Waals surface area contributed by atoms with Crippen molar-refractivity contribution in [2.45, 2.75) is 94.9 Å². The molecule has 2 bridgehead atoms. The van der Waals surface area contributed by atoms with Crippen molar-refractivity contribution in [1.29, 1.82) is 0 Å². The predicted octanol–water partition coefficient (Wildman–Crippen LogP) is 6.01. The fourth-order valence-electron chi connectivity index (χ4n) is 9.85. The number of benzene rings is 2. The zero-order valence-electron chi connectivity index (χ0n) is 29.2.